The van der Waals surface area contributed by atoms with Gasteiger partial charge in [-0.3, -0.25) is 14.5 Å². The largest absolute Gasteiger partial charge is 0.496 e. The van der Waals surface area contributed by atoms with E-state index in [1.54, 1.807) is 11.0 Å². The molecule has 6 nitrogen and oxygen atoms in total. The molecule has 1 aliphatic heterocycles. The fraction of sp³-hybridized carbons (Fsp3) is 0.467. The van der Waals surface area contributed by atoms with Crippen LogP contribution in [0.5, 0.6) is 5.75 Å². The molecule has 1 aromatic rings. The number of nitrogens with zero attached hydrogens (tertiary/aromatic N) is 1. The number of ketones is 1. The number of carbonyl (C=O) groups is 2. The Labute approximate surface area is 123 Å². The molecule has 0 aliphatic carbocycles. The van der Waals surface area contributed by atoms with E-state index < -0.39 is 11.9 Å². The number of rotatable bonds is 5. The van der Waals surface area contributed by atoms with Crippen LogP contribution in [0.4, 0.5) is 0 Å². The van der Waals surface area contributed by atoms with Gasteiger partial charge in [-0.05, 0) is 24.6 Å². The average Bonchev–Trinajstić information content (AvgIpc) is 2.47. The molecule has 1 aliphatic rings. The number of methoxy groups -OCH3 is 1. The number of benzene rings is 1. The third kappa shape index (κ3) is 3.59. The topological polar surface area (TPSA) is 81.9 Å². The van der Waals surface area contributed by atoms with Crippen LogP contribution in [0.3, 0.4) is 0 Å². The van der Waals surface area contributed by atoms with Crippen LogP contribution in [-0.4, -0.2) is 56.0 Å². The minimum atomic E-state index is -0.556. The van der Waals surface area contributed by atoms with Crippen LogP contribution in [0.15, 0.2) is 18.2 Å². The molecule has 1 heterocycles. The summed E-state index contributed by atoms with van der Waals surface area (Å²) in [5.41, 5.74) is 6.88. The van der Waals surface area contributed by atoms with Crippen LogP contribution < -0.4 is 10.5 Å². The first kappa shape index (κ1) is 15.5. The van der Waals surface area contributed by atoms with Crippen molar-refractivity contribution in [3.63, 3.8) is 0 Å². The first-order valence-corrected chi connectivity index (χ1v) is 6.82. The van der Waals surface area contributed by atoms with Crippen LogP contribution in [0.2, 0.25) is 0 Å². The predicted octanol–water partition coefficient (Wildman–Crippen LogP) is 0.372. The van der Waals surface area contributed by atoms with Gasteiger partial charge in [0.1, 0.15) is 11.8 Å². The van der Waals surface area contributed by atoms with Crippen LogP contribution >= 0.6 is 0 Å². The van der Waals surface area contributed by atoms with Crippen LogP contribution in [0.1, 0.15) is 15.9 Å². The molecule has 6 heteroatoms. The SMILES string of the molecule is COc1cc(C)ccc1C(=O)CN1CCOCC1C(N)=O. The number of nitrogens with two attached hydrogens (primary N) is 1. The molecular formula is C15H20N2O4. The third-order valence-electron chi connectivity index (χ3n) is 3.57. The summed E-state index contributed by atoms with van der Waals surface area (Å²) in [7, 11) is 1.53. The maximum atomic E-state index is 12.5. The summed E-state index contributed by atoms with van der Waals surface area (Å²) in [6, 6.07) is 4.87. The van der Waals surface area contributed by atoms with Crippen LogP contribution in [0, 0.1) is 6.92 Å². The van der Waals surface area contributed by atoms with E-state index in [2.05, 4.69) is 0 Å². The van der Waals surface area contributed by atoms with Crippen molar-refractivity contribution in [1.29, 1.82) is 0 Å². The van der Waals surface area contributed by atoms with Gasteiger partial charge in [0.15, 0.2) is 5.78 Å². The summed E-state index contributed by atoms with van der Waals surface area (Å²) in [5, 5.41) is 0. The van der Waals surface area contributed by atoms with Gasteiger partial charge in [0, 0.05) is 6.54 Å². The number of hydrogen-bond acceptors (Lipinski definition) is 5. The van der Waals surface area contributed by atoms with Crippen molar-refractivity contribution in [1.82, 2.24) is 4.90 Å². The van der Waals surface area contributed by atoms with E-state index >= 15 is 0 Å². The highest BCUT2D eigenvalue weighted by molar-refractivity contribution is 6.00. The van der Waals surface area contributed by atoms with E-state index in [0.29, 0.717) is 24.5 Å². The van der Waals surface area contributed by atoms with Gasteiger partial charge in [-0.1, -0.05) is 6.07 Å². The fourth-order valence-electron chi connectivity index (χ4n) is 2.39. The normalized spacial score (nSPS) is 19.2. The van der Waals surface area contributed by atoms with Crippen molar-refractivity contribution in [3.8, 4) is 5.75 Å². The van der Waals surface area contributed by atoms with Gasteiger partial charge in [0.25, 0.3) is 0 Å². The van der Waals surface area contributed by atoms with E-state index in [0.717, 1.165) is 5.56 Å². The third-order valence-corrected chi connectivity index (χ3v) is 3.57. The molecule has 1 unspecified atom stereocenters. The zero-order valence-electron chi connectivity index (χ0n) is 12.3. The Hall–Kier alpha value is -1.92. The van der Waals surface area contributed by atoms with E-state index in [9.17, 15) is 9.59 Å². The maximum Gasteiger partial charge on any atom is 0.237 e. The van der Waals surface area contributed by atoms with Gasteiger partial charge in [0.2, 0.25) is 5.91 Å². The lowest BCUT2D eigenvalue weighted by molar-refractivity contribution is -0.128. The molecule has 2 N–H and O–H groups in total. The molecule has 21 heavy (non-hydrogen) atoms. The standard InChI is InChI=1S/C15H20N2O4/c1-10-3-4-11(14(7-10)20-2)13(18)8-17-5-6-21-9-12(17)15(16)19/h3-4,7,12H,5-6,8-9H2,1-2H3,(H2,16,19). The Balaban J connectivity index is 2.15. The Morgan fingerprint density at radius 1 is 1.48 bits per heavy atom. The van der Waals surface area contributed by atoms with Gasteiger partial charge in [0.05, 0.1) is 32.4 Å². The summed E-state index contributed by atoms with van der Waals surface area (Å²) < 4.78 is 10.5. The number of Topliss-reactive ketones (excluding diaryl/α,β-unsaturated/α-hetero) is 1. The summed E-state index contributed by atoms with van der Waals surface area (Å²) >= 11 is 0. The fourth-order valence-corrected chi connectivity index (χ4v) is 2.39. The quantitative estimate of drug-likeness (QED) is 0.793. The van der Waals surface area contributed by atoms with E-state index in [-0.39, 0.29) is 18.9 Å². The lowest BCUT2D eigenvalue weighted by Gasteiger charge is -2.32. The van der Waals surface area contributed by atoms with Crippen molar-refractivity contribution in [3.05, 3.63) is 29.3 Å². The summed E-state index contributed by atoms with van der Waals surface area (Å²) in [6.07, 6.45) is 0. The molecule has 0 bridgehead atoms. The number of ether oxygens (including phenoxy) is 2. The first-order chi connectivity index (χ1) is 10.0. The van der Waals surface area contributed by atoms with Crippen molar-refractivity contribution in [2.75, 3.05) is 33.4 Å². The van der Waals surface area contributed by atoms with Crippen molar-refractivity contribution in [2.45, 2.75) is 13.0 Å². The molecule has 1 atom stereocenters. The maximum absolute atomic E-state index is 12.5. The second-order valence-electron chi connectivity index (χ2n) is 5.09. The second-order valence-corrected chi connectivity index (χ2v) is 5.09. The molecule has 0 radical (unpaired) electrons. The predicted molar refractivity (Wildman–Crippen MR) is 77.4 cm³/mol. The monoisotopic (exact) mass is 292 g/mol. The second kappa shape index (κ2) is 6.69. The van der Waals surface area contributed by atoms with Crippen molar-refractivity contribution >= 4 is 11.7 Å². The Bertz CT molecular complexity index is 544. The van der Waals surface area contributed by atoms with Gasteiger partial charge in [-0.15, -0.1) is 0 Å². The summed E-state index contributed by atoms with van der Waals surface area (Å²) in [5.74, 6) is -0.0257. The van der Waals surface area contributed by atoms with Crippen LogP contribution in [0.25, 0.3) is 0 Å². The smallest absolute Gasteiger partial charge is 0.237 e. The van der Waals surface area contributed by atoms with Gasteiger partial charge in [-0.25, -0.2) is 0 Å². The van der Waals surface area contributed by atoms with E-state index in [1.165, 1.54) is 7.11 Å². The zero-order valence-corrected chi connectivity index (χ0v) is 12.3. The average molecular weight is 292 g/mol. The molecule has 0 aromatic heterocycles. The molecule has 2 rings (SSSR count). The van der Waals surface area contributed by atoms with Gasteiger partial charge < -0.3 is 15.2 Å². The van der Waals surface area contributed by atoms with Crippen molar-refractivity contribution in [2.24, 2.45) is 5.73 Å². The summed E-state index contributed by atoms with van der Waals surface area (Å²) in [6.45, 7) is 3.28. The van der Waals surface area contributed by atoms with E-state index in [4.69, 9.17) is 15.2 Å². The number of hydrogen-bond donors (Lipinski definition) is 1. The van der Waals surface area contributed by atoms with Gasteiger partial charge in [-0.2, -0.15) is 0 Å². The first-order valence-electron chi connectivity index (χ1n) is 6.82. The Morgan fingerprint density at radius 2 is 2.24 bits per heavy atom. The number of primary amides is 1. The minimum absolute atomic E-state index is 0.0972. The lowest BCUT2D eigenvalue weighted by atomic mass is 10.1. The molecule has 0 saturated carbocycles. The molecule has 0 spiro atoms. The Morgan fingerprint density at radius 3 is 2.90 bits per heavy atom. The number of carbonyl (C=O) groups excluding carboxylic acids is 2. The number of amides is 1. The molecule has 1 aromatic carbocycles. The minimum Gasteiger partial charge on any atom is -0.496 e. The summed E-state index contributed by atoms with van der Waals surface area (Å²) in [4.78, 5) is 25.6. The highest BCUT2D eigenvalue weighted by Gasteiger charge is 2.29. The molecule has 114 valence electrons. The molecule has 1 fully saturated rings. The highest BCUT2D eigenvalue weighted by Crippen LogP contribution is 2.21. The van der Waals surface area contributed by atoms with Crippen LogP contribution in [-0.2, 0) is 9.53 Å². The lowest BCUT2D eigenvalue weighted by Crippen LogP contribution is -2.53. The zero-order chi connectivity index (χ0) is 15.4. The molecule has 1 amide bonds. The van der Waals surface area contributed by atoms with Crippen molar-refractivity contribution < 1.29 is 19.1 Å². The number of morpholine rings is 1. The van der Waals surface area contributed by atoms with Gasteiger partial charge >= 0.3 is 0 Å². The highest BCUT2D eigenvalue weighted by atomic mass is 16.5. The Kier molecular flexibility index (Phi) is 4.93. The molecule has 1 saturated heterocycles. The number of aryl methyl sites for hydroxylation is 1. The van der Waals surface area contributed by atoms with E-state index in [1.807, 2.05) is 19.1 Å². The molecular weight excluding hydrogens is 272 g/mol.